The maximum Gasteiger partial charge on any atom is 0.414 e. The third-order valence-electron chi connectivity index (χ3n) is 2.73. The molecule has 0 aliphatic carbocycles. The molecular formula is C20H24O19S. The van der Waals surface area contributed by atoms with E-state index in [4.69, 9.17) is 55.0 Å². The molecule has 0 fully saturated rings. The largest absolute Gasteiger partial charge is 0.481 e. The zero-order valence-electron chi connectivity index (χ0n) is 20.1. The number of benzene rings is 1. The fourth-order valence-electron chi connectivity index (χ4n) is 1.20. The van der Waals surface area contributed by atoms with Crippen molar-refractivity contribution in [3.8, 4) is 0 Å². The smallest absolute Gasteiger partial charge is 0.414 e. The molecule has 0 spiro atoms. The van der Waals surface area contributed by atoms with Gasteiger partial charge in [-0.1, -0.05) is 17.7 Å². The van der Waals surface area contributed by atoms with Gasteiger partial charge >= 0.3 is 47.8 Å². The van der Waals surface area contributed by atoms with Crippen LogP contribution in [0.25, 0.3) is 0 Å². The molecule has 0 aliphatic rings. The zero-order valence-corrected chi connectivity index (χ0v) is 20.9. The molecular weight excluding hydrogens is 576 g/mol. The lowest BCUT2D eigenvalue weighted by atomic mass is 10.2. The minimum Gasteiger partial charge on any atom is -0.481 e. The van der Waals surface area contributed by atoms with Gasteiger partial charge in [0, 0.05) is 12.2 Å². The van der Waals surface area contributed by atoms with E-state index in [9.17, 15) is 37.2 Å². The maximum absolute atomic E-state index is 10.5. The second kappa shape index (κ2) is 22.8. The van der Waals surface area contributed by atoms with E-state index < -0.39 is 64.3 Å². The van der Waals surface area contributed by atoms with Gasteiger partial charge in [0.25, 0.3) is 10.1 Å². The van der Waals surface area contributed by atoms with Gasteiger partial charge in [-0.2, -0.15) is 8.42 Å². The lowest BCUT2D eigenvalue weighted by Crippen LogP contribution is -2.09. The molecule has 224 valence electrons. The van der Waals surface area contributed by atoms with Gasteiger partial charge in [-0.3, -0.25) is 23.7 Å². The topological polar surface area (TPSA) is 353 Å². The van der Waals surface area contributed by atoms with E-state index >= 15 is 0 Å². The fraction of sp³-hybridized carbons (Fsp3) is 0.200. The summed E-state index contributed by atoms with van der Waals surface area (Å²) >= 11 is 0. The average molecular weight is 600 g/mol. The minimum absolute atomic E-state index is 0.0666. The van der Waals surface area contributed by atoms with Gasteiger partial charge in [-0.05, 0) is 19.1 Å². The molecule has 0 atom stereocenters. The van der Waals surface area contributed by atoms with Crippen LogP contribution in [-0.2, 0) is 48.5 Å². The zero-order chi connectivity index (χ0) is 32.6. The number of rotatable bonds is 8. The van der Waals surface area contributed by atoms with Crippen LogP contribution in [0, 0.1) is 6.92 Å². The third kappa shape index (κ3) is 39.8. The first-order chi connectivity index (χ1) is 18.0. The highest BCUT2D eigenvalue weighted by Crippen LogP contribution is 2.08. The second-order valence-electron chi connectivity index (χ2n) is 6.16. The molecule has 0 saturated carbocycles. The molecule has 0 unspecified atom stereocenters. The quantitative estimate of drug-likeness (QED) is 0.0791. The van der Waals surface area contributed by atoms with Crippen molar-refractivity contribution in [3.63, 3.8) is 0 Å². The molecule has 0 radical (unpaired) electrons. The van der Waals surface area contributed by atoms with E-state index in [1.807, 2.05) is 6.92 Å². The van der Waals surface area contributed by atoms with Crippen LogP contribution in [0.1, 0.15) is 24.8 Å². The molecule has 9 N–H and O–H groups in total. The van der Waals surface area contributed by atoms with Crippen molar-refractivity contribution in [1.29, 1.82) is 0 Å². The Morgan fingerprint density at radius 1 is 0.600 bits per heavy atom. The molecule has 0 bridgehead atoms. The van der Waals surface area contributed by atoms with Crippen LogP contribution in [0.4, 0.5) is 0 Å². The van der Waals surface area contributed by atoms with E-state index in [0.717, 1.165) is 5.56 Å². The van der Waals surface area contributed by atoms with E-state index in [1.165, 1.54) is 12.1 Å². The Labute approximate surface area is 223 Å². The van der Waals surface area contributed by atoms with E-state index in [-0.39, 0.29) is 17.7 Å². The van der Waals surface area contributed by atoms with Crippen LogP contribution in [0.3, 0.4) is 0 Å². The van der Waals surface area contributed by atoms with Crippen LogP contribution in [0.2, 0.25) is 0 Å². The predicted molar refractivity (Wildman–Crippen MR) is 125 cm³/mol. The Morgan fingerprint density at radius 3 is 1.05 bits per heavy atom. The van der Waals surface area contributed by atoms with Crippen molar-refractivity contribution in [2.24, 2.45) is 0 Å². The molecule has 0 heterocycles. The second-order valence-corrected chi connectivity index (χ2v) is 7.58. The van der Waals surface area contributed by atoms with E-state index in [2.05, 4.69) is 0 Å². The number of hydrogen-bond acceptors (Lipinski definition) is 10. The molecule has 0 saturated heterocycles. The maximum atomic E-state index is 10.5. The highest BCUT2D eigenvalue weighted by atomic mass is 32.2. The Balaban J connectivity index is -0.000000206. The van der Waals surface area contributed by atoms with Gasteiger partial charge in [0.1, 0.15) is 6.42 Å². The van der Waals surface area contributed by atoms with Crippen molar-refractivity contribution < 1.29 is 92.2 Å². The van der Waals surface area contributed by atoms with Crippen molar-refractivity contribution in [2.75, 3.05) is 0 Å². The summed E-state index contributed by atoms with van der Waals surface area (Å²) in [6.45, 7) is 1.84. The van der Waals surface area contributed by atoms with Crippen molar-refractivity contribution in [3.05, 3.63) is 42.0 Å². The SMILES string of the molecule is Cc1ccc(S(=O)(=O)O)cc1.O=C(O)/C=C\C(=O)O.O=C(O)C(=O)O.O=C(O)CC(=O)O.O=C(O)CCC(=O)O. The summed E-state index contributed by atoms with van der Waals surface area (Å²) in [6, 6.07) is 5.99. The number of carboxylic acid groups (broad SMARTS) is 8. The Morgan fingerprint density at radius 2 is 0.900 bits per heavy atom. The molecule has 1 rings (SSSR count). The van der Waals surface area contributed by atoms with Gasteiger partial charge in [0.2, 0.25) is 0 Å². The molecule has 0 aliphatic heterocycles. The lowest BCUT2D eigenvalue weighted by molar-refractivity contribution is -0.159. The number of hydrogen-bond donors (Lipinski definition) is 9. The normalized spacial score (nSPS) is 9.25. The molecule has 0 aromatic heterocycles. The molecule has 20 heteroatoms. The first kappa shape index (κ1) is 41.7. The first-order valence-corrected chi connectivity index (χ1v) is 11.0. The van der Waals surface area contributed by atoms with Crippen LogP contribution >= 0.6 is 0 Å². The fourth-order valence-corrected chi connectivity index (χ4v) is 1.68. The average Bonchev–Trinajstić information content (AvgIpc) is 2.76. The summed E-state index contributed by atoms with van der Waals surface area (Å²) in [5, 5.41) is 61.6. The van der Waals surface area contributed by atoms with Gasteiger partial charge in [-0.25, -0.2) is 19.2 Å². The monoisotopic (exact) mass is 600 g/mol. The summed E-state index contributed by atoms with van der Waals surface area (Å²) < 4.78 is 29.6. The molecule has 19 nitrogen and oxygen atoms in total. The van der Waals surface area contributed by atoms with Crippen LogP contribution in [0.5, 0.6) is 0 Å². The van der Waals surface area contributed by atoms with Gasteiger partial charge in [0.15, 0.2) is 0 Å². The van der Waals surface area contributed by atoms with Crippen LogP contribution < -0.4 is 0 Å². The number of carbonyl (C=O) groups is 8. The minimum atomic E-state index is -4.02. The number of aryl methyl sites for hydroxylation is 1. The van der Waals surface area contributed by atoms with Crippen molar-refractivity contribution in [1.82, 2.24) is 0 Å². The Hall–Kier alpha value is -5.37. The van der Waals surface area contributed by atoms with E-state index in [0.29, 0.717) is 12.2 Å². The van der Waals surface area contributed by atoms with Gasteiger partial charge < -0.3 is 40.9 Å². The Bertz CT molecular complexity index is 1110. The lowest BCUT2D eigenvalue weighted by Gasteiger charge is -1.95. The molecule has 1 aromatic carbocycles. The van der Waals surface area contributed by atoms with Crippen molar-refractivity contribution in [2.45, 2.75) is 31.1 Å². The predicted octanol–water partition coefficient (Wildman–Crippen LogP) is -0.409. The summed E-state index contributed by atoms with van der Waals surface area (Å²) in [4.78, 5) is 75.4. The third-order valence-corrected chi connectivity index (χ3v) is 3.59. The molecule has 0 amide bonds. The highest BCUT2D eigenvalue weighted by Gasteiger charge is 2.07. The van der Waals surface area contributed by atoms with Gasteiger partial charge in [0.05, 0.1) is 17.7 Å². The van der Waals surface area contributed by atoms with E-state index in [1.54, 1.807) is 12.1 Å². The number of carboxylic acids is 8. The summed E-state index contributed by atoms with van der Waals surface area (Å²) in [5.74, 6) is -10.9. The summed E-state index contributed by atoms with van der Waals surface area (Å²) in [5.41, 5.74) is 0.956. The summed E-state index contributed by atoms with van der Waals surface area (Å²) in [6.07, 6.45) is -0.282. The van der Waals surface area contributed by atoms with Gasteiger partial charge in [-0.15, -0.1) is 0 Å². The Kier molecular flexibility index (Phi) is 23.8. The summed E-state index contributed by atoms with van der Waals surface area (Å²) in [7, 11) is -4.02. The molecule has 1 aromatic rings. The molecule has 40 heavy (non-hydrogen) atoms. The van der Waals surface area contributed by atoms with Crippen LogP contribution in [-0.4, -0.2) is 102 Å². The first-order valence-electron chi connectivity index (χ1n) is 9.54. The number of aliphatic carboxylic acids is 8. The van der Waals surface area contributed by atoms with Crippen LogP contribution in [0.15, 0.2) is 41.3 Å². The standard InChI is InChI=1S/C7H8O3S.C4H6O4.C4H4O4.C3H4O4.C2H2O4/c1-6-2-4-7(5-3-6)11(8,9)10;2*5-3(6)1-2-4(7)8;4-2(5)1-3(6)7;3-1(4)2(5)6/h2-5H,1H3,(H,8,9,10);1-2H2,(H,5,6)(H,7,8);1-2H,(H,5,6)(H,7,8);1H2,(H,4,5)(H,6,7);(H,3,4)(H,5,6)/b;;2-1-;;. The highest BCUT2D eigenvalue weighted by molar-refractivity contribution is 7.85. The van der Waals surface area contributed by atoms with Crippen molar-refractivity contribution >= 4 is 57.9 Å².